The lowest BCUT2D eigenvalue weighted by Crippen LogP contribution is -2.61. The van der Waals surface area contributed by atoms with Crippen LogP contribution in [0.1, 0.15) is 36.7 Å². The fraction of sp³-hybridized carbons (Fsp3) is 0.364. The molecule has 2 aromatic rings. The monoisotopic (exact) mass is 435 g/mol. The zero-order valence-electron chi connectivity index (χ0n) is 17.7. The number of amides is 2. The number of rotatable bonds is 4. The molecule has 1 fully saturated rings. The molecule has 3 rings (SSSR count). The summed E-state index contributed by atoms with van der Waals surface area (Å²) in [6, 6.07) is 5.89. The van der Waals surface area contributed by atoms with Crippen molar-refractivity contribution in [1.82, 2.24) is 10.2 Å². The van der Waals surface area contributed by atoms with Crippen molar-refractivity contribution in [2.45, 2.75) is 39.3 Å². The van der Waals surface area contributed by atoms with Gasteiger partial charge in [0.1, 0.15) is 11.4 Å². The van der Waals surface area contributed by atoms with E-state index in [0.29, 0.717) is 5.56 Å². The first-order chi connectivity index (χ1) is 14.4. The van der Waals surface area contributed by atoms with Crippen LogP contribution in [0, 0.1) is 24.4 Å². The first kappa shape index (κ1) is 22.5. The van der Waals surface area contributed by atoms with Gasteiger partial charge in [0, 0.05) is 13.1 Å². The van der Waals surface area contributed by atoms with Crippen molar-refractivity contribution in [1.29, 1.82) is 0 Å². The number of carbonyl (C=O) groups excluding carboxylic acids is 2. The third-order valence-electron chi connectivity index (χ3n) is 4.60. The fourth-order valence-corrected chi connectivity index (χ4v) is 3.09. The number of anilines is 2. The first-order valence-electron chi connectivity index (χ1n) is 9.74. The Morgan fingerprint density at radius 2 is 1.74 bits per heavy atom. The van der Waals surface area contributed by atoms with Crippen LogP contribution in [0.2, 0.25) is 0 Å². The van der Waals surface area contributed by atoms with Crippen LogP contribution in [0.15, 0.2) is 30.3 Å². The number of hydrogen-bond acceptors (Lipinski definition) is 4. The first-order valence-corrected chi connectivity index (χ1v) is 9.74. The third kappa shape index (κ3) is 5.28. The molecule has 0 aliphatic carbocycles. The van der Waals surface area contributed by atoms with Crippen LogP contribution in [0.3, 0.4) is 0 Å². The molecule has 0 spiro atoms. The Morgan fingerprint density at radius 3 is 2.35 bits per heavy atom. The molecule has 2 amide bonds. The normalized spacial score (nSPS) is 14.1. The summed E-state index contributed by atoms with van der Waals surface area (Å²) in [5.41, 5.74) is -0.674. The highest BCUT2D eigenvalue weighted by Gasteiger charge is 2.35. The number of nitrogens with one attached hydrogen (secondary N) is 2. The second-order valence-corrected chi connectivity index (χ2v) is 8.45. The van der Waals surface area contributed by atoms with Crippen LogP contribution < -0.4 is 10.6 Å². The SMILES string of the molecule is Cc1ccc(Nc2c(C(=O)N3CC(NC(=O)OC(C)(C)C)C3)ccc(F)c2F)c(F)c1. The van der Waals surface area contributed by atoms with Gasteiger partial charge in [-0.3, -0.25) is 4.79 Å². The molecule has 0 bridgehead atoms. The third-order valence-corrected chi connectivity index (χ3v) is 4.60. The zero-order valence-corrected chi connectivity index (χ0v) is 17.7. The smallest absolute Gasteiger partial charge is 0.407 e. The summed E-state index contributed by atoms with van der Waals surface area (Å²) in [6.45, 7) is 7.24. The van der Waals surface area contributed by atoms with Crippen LogP contribution in [0.5, 0.6) is 0 Å². The molecule has 0 aromatic heterocycles. The van der Waals surface area contributed by atoms with Crippen molar-refractivity contribution in [2.24, 2.45) is 0 Å². The van der Waals surface area contributed by atoms with Gasteiger partial charge in [0.15, 0.2) is 11.6 Å². The van der Waals surface area contributed by atoms with Gasteiger partial charge in [0.25, 0.3) is 5.91 Å². The summed E-state index contributed by atoms with van der Waals surface area (Å²) in [6.07, 6.45) is -0.602. The lowest BCUT2D eigenvalue weighted by molar-refractivity contribution is 0.0359. The summed E-state index contributed by atoms with van der Waals surface area (Å²) >= 11 is 0. The Kier molecular flexibility index (Phi) is 6.15. The molecule has 0 radical (unpaired) electrons. The van der Waals surface area contributed by atoms with Gasteiger partial charge in [-0.15, -0.1) is 0 Å². The second-order valence-electron chi connectivity index (χ2n) is 8.45. The summed E-state index contributed by atoms with van der Waals surface area (Å²) in [5.74, 6) is -3.68. The van der Waals surface area contributed by atoms with E-state index in [9.17, 15) is 22.8 Å². The Hall–Kier alpha value is -3.23. The molecule has 166 valence electrons. The van der Waals surface area contributed by atoms with E-state index < -0.39 is 40.7 Å². The Labute approximate surface area is 178 Å². The minimum Gasteiger partial charge on any atom is -0.444 e. The largest absolute Gasteiger partial charge is 0.444 e. The van der Waals surface area contributed by atoms with E-state index in [1.165, 1.54) is 17.0 Å². The van der Waals surface area contributed by atoms with Gasteiger partial charge in [0.05, 0.1) is 23.0 Å². The maximum atomic E-state index is 14.5. The second kappa shape index (κ2) is 8.49. The van der Waals surface area contributed by atoms with Crippen LogP contribution in [-0.4, -0.2) is 41.6 Å². The molecule has 6 nitrogen and oxygen atoms in total. The van der Waals surface area contributed by atoms with Gasteiger partial charge in [-0.05, 0) is 57.5 Å². The molecule has 9 heteroatoms. The van der Waals surface area contributed by atoms with E-state index in [4.69, 9.17) is 4.74 Å². The lowest BCUT2D eigenvalue weighted by atomic mass is 10.0. The molecule has 0 saturated carbocycles. The van der Waals surface area contributed by atoms with Crippen molar-refractivity contribution >= 4 is 23.4 Å². The number of aryl methyl sites for hydroxylation is 1. The predicted octanol–water partition coefficient (Wildman–Crippen LogP) is 4.51. The maximum absolute atomic E-state index is 14.5. The fourth-order valence-electron chi connectivity index (χ4n) is 3.09. The molecule has 2 aromatic carbocycles. The minimum absolute atomic E-state index is 0.0859. The number of likely N-dealkylation sites (tertiary alicyclic amines) is 1. The molecule has 1 saturated heterocycles. The summed E-state index contributed by atoms with van der Waals surface area (Å²) < 4.78 is 47.7. The molecule has 31 heavy (non-hydrogen) atoms. The number of halogens is 3. The van der Waals surface area contributed by atoms with Crippen molar-refractivity contribution in [3.63, 3.8) is 0 Å². The molecular weight excluding hydrogens is 411 g/mol. The van der Waals surface area contributed by atoms with Gasteiger partial charge in [0.2, 0.25) is 0 Å². The predicted molar refractivity (Wildman–Crippen MR) is 110 cm³/mol. The molecule has 2 N–H and O–H groups in total. The van der Waals surface area contributed by atoms with Crippen LogP contribution in [-0.2, 0) is 4.74 Å². The highest BCUT2D eigenvalue weighted by molar-refractivity contribution is 6.01. The van der Waals surface area contributed by atoms with Crippen molar-refractivity contribution in [3.8, 4) is 0 Å². The molecule has 1 aliphatic heterocycles. The van der Waals surface area contributed by atoms with Gasteiger partial charge in [-0.25, -0.2) is 18.0 Å². The van der Waals surface area contributed by atoms with Crippen LogP contribution in [0.25, 0.3) is 0 Å². The quantitative estimate of drug-likeness (QED) is 0.742. The number of benzene rings is 2. The lowest BCUT2D eigenvalue weighted by Gasteiger charge is -2.40. The van der Waals surface area contributed by atoms with Gasteiger partial charge < -0.3 is 20.3 Å². The average Bonchev–Trinajstić information content (AvgIpc) is 2.62. The Bertz CT molecular complexity index is 1020. The molecule has 1 heterocycles. The van der Waals surface area contributed by atoms with Gasteiger partial charge in [-0.2, -0.15) is 0 Å². The van der Waals surface area contributed by atoms with Gasteiger partial charge in [-0.1, -0.05) is 6.07 Å². The standard InChI is InChI=1S/C22H24F3N3O3/c1-12-5-8-17(16(24)9-12)27-19-14(6-7-15(23)18(19)25)20(29)28-10-13(11-28)26-21(30)31-22(2,3)4/h5-9,13,27H,10-11H2,1-4H3,(H,26,30). The van der Waals surface area contributed by atoms with Gasteiger partial charge >= 0.3 is 6.09 Å². The number of hydrogen-bond donors (Lipinski definition) is 2. The average molecular weight is 435 g/mol. The van der Waals surface area contributed by atoms with E-state index in [0.717, 1.165) is 12.1 Å². The molecule has 0 atom stereocenters. The highest BCUT2D eigenvalue weighted by atomic mass is 19.2. The zero-order chi connectivity index (χ0) is 22.9. The van der Waals surface area contributed by atoms with E-state index in [2.05, 4.69) is 10.6 Å². The minimum atomic E-state index is -1.28. The highest BCUT2D eigenvalue weighted by Crippen LogP contribution is 2.30. The summed E-state index contributed by atoms with van der Waals surface area (Å²) in [7, 11) is 0. The Morgan fingerprint density at radius 1 is 1.06 bits per heavy atom. The van der Waals surface area contributed by atoms with Crippen molar-refractivity contribution < 1.29 is 27.5 Å². The Balaban J connectivity index is 1.74. The summed E-state index contributed by atoms with van der Waals surface area (Å²) in [5, 5.41) is 5.15. The van der Waals surface area contributed by atoms with Crippen molar-refractivity contribution in [3.05, 3.63) is 58.9 Å². The van der Waals surface area contributed by atoms with E-state index in [-0.39, 0.29) is 30.4 Å². The van der Waals surface area contributed by atoms with E-state index >= 15 is 0 Å². The number of nitrogens with zero attached hydrogens (tertiary/aromatic N) is 1. The van der Waals surface area contributed by atoms with E-state index in [1.807, 2.05) is 0 Å². The topological polar surface area (TPSA) is 70.7 Å². The molecular formula is C22H24F3N3O3. The van der Waals surface area contributed by atoms with Crippen molar-refractivity contribution in [2.75, 3.05) is 18.4 Å². The maximum Gasteiger partial charge on any atom is 0.407 e. The van der Waals surface area contributed by atoms with E-state index in [1.54, 1.807) is 33.8 Å². The molecule has 0 unspecified atom stereocenters. The number of alkyl carbamates (subject to hydrolysis) is 1. The molecule has 1 aliphatic rings. The number of ether oxygens (including phenoxy) is 1. The van der Waals surface area contributed by atoms with Crippen LogP contribution in [0.4, 0.5) is 29.3 Å². The number of carbonyl (C=O) groups is 2. The van der Waals surface area contributed by atoms with Crippen LogP contribution >= 0.6 is 0 Å². The summed E-state index contributed by atoms with van der Waals surface area (Å²) in [4.78, 5) is 26.1.